The zero-order chi connectivity index (χ0) is 13.2. The predicted molar refractivity (Wildman–Crippen MR) is 68.1 cm³/mol. The summed E-state index contributed by atoms with van der Waals surface area (Å²) in [4.78, 5) is 11.9. The summed E-state index contributed by atoms with van der Waals surface area (Å²) < 4.78 is 0. The van der Waals surface area contributed by atoms with E-state index in [1.165, 1.54) is 0 Å². The minimum absolute atomic E-state index is 0.100. The summed E-state index contributed by atoms with van der Waals surface area (Å²) in [7, 11) is 0. The first-order chi connectivity index (χ1) is 8.62. The van der Waals surface area contributed by atoms with Crippen LogP contribution < -0.4 is 11.1 Å². The van der Waals surface area contributed by atoms with E-state index < -0.39 is 0 Å². The maximum Gasteiger partial charge on any atom is 0.273 e. The van der Waals surface area contributed by atoms with Gasteiger partial charge in [-0.25, -0.2) is 0 Å². The van der Waals surface area contributed by atoms with Gasteiger partial charge in [-0.05, 0) is 31.1 Å². The summed E-state index contributed by atoms with van der Waals surface area (Å²) >= 11 is 0. The van der Waals surface area contributed by atoms with Crippen LogP contribution in [0.1, 0.15) is 42.4 Å². The third-order valence-electron chi connectivity index (χ3n) is 3.67. The Morgan fingerprint density at radius 3 is 2.83 bits per heavy atom. The molecule has 6 nitrogen and oxygen atoms in total. The van der Waals surface area contributed by atoms with Gasteiger partial charge in [-0.2, -0.15) is 5.10 Å². The monoisotopic (exact) mass is 252 g/mol. The number of aromatic amines is 1. The second kappa shape index (κ2) is 4.97. The number of rotatable bonds is 6. The Hall–Kier alpha value is -1.56. The Labute approximate surface area is 106 Å². The van der Waals surface area contributed by atoms with Gasteiger partial charge in [0.15, 0.2) is 5.69 Å². The lowest BCUT2D eigenvalue weighted by molar-refractivity contribution is 0.0936. The van der Waals surface area contributed by atoms with E-state index in [4.69, 9.17) is 10.8 Å². The van der Waals surface area contributed by atoms with Crippen LogP contribution in [0.3, 0.4) is 0 Å². The number of aliphatic hydroxyl groups is 1. The largest absolute Gasteiger partial charge is 0.396 e. The van der Waals surface area contributed by atoms with Gasteiger partial charge in [0.1, 0.15) is 0 Å². The highest BCUT2D eigenvalue weighted by molar-refractivity contribution is 5.97. The Balaban J connectivity index is 1.94. The topological polar surface area (TPSA) is 104 Å². The van der Waals surface area contributed by atoms with Gasteiger partial charge in [-0.3, -0.25) is 9.89 Å². The Kier molecular flexibility index (Phi) is 3.56. The first-order valence-electron chi connectivity index (χ1n) is 6.33. The van der Waals surface area contributed by atoms with Crippen LogP contribution in [-0.2, 0) is 6.42 Å². The van der Waals surface area contributed by atoms with E-state index in [0.717, 1.165) is 31.4 Å². The van der Waals surface area contributed by atoms with Gasteiger partial charge in [0, 0.05) is 13.2 Å². The lowest BCUT2D eigenvalue weighted by atomic mass is 10.0. The molecule has 0 spiro atoms. The summed E-state index contributed by atoms with van der Waals surface area (Å²) in [6.07, 6.45) is 3.58. The van der Waals surface area contributed by atoms with Gasteiger partial charge in [0.05, 0.1) is 11.4 Å². The third-order valence-corrected chi connectivity index (χ3v) is 3.67. The summed E-state index contributed by atoms with van der Waals surface area (Å²) in [5, 5.41) is 18.5. The van der Waals surface area contributed by atoms with Crippen molar-refractivity contribution >= 4 is 11.6 Å². The maximum absolute atomic E-state index is 11.9. The minimum atomic E-state index is -0.243. The van der Waals surface area contributed by atoms with Crippen LogP contribution in [0.2, 0.25) is 0 Å². The highest BCUT2D eigenvalue weighted by atomic mass is 16.3. The zero-order valence-corrected chi connectivity index (χ0v) is 10.6. The van der Waals surface area contributed by atoms with Crippen molar-refractivity contribution in [3.05, 3.63) is 11.4 Å². The number of hydrogen-bond acceptors (Lipinski definition) is 4. The second-order valence-corrected chi connectivity index (χ2v) is 4.97. The predicted octanol–water partition coefficient (Wildman–Crippen LogP) is 0.447. The van der Waals surface area contributed by atoms with Crippen molar-refractivity contribution < 1.29 is 9.90 Å². The minimum Gasteiger partial charge on any atom is -0.396 e. The lowest BCUT2D eigenvalue weighted by Gasteiger charge is -2.13. The molecular formula is C12H20N4O2. The molecule has 1 aliphatic carbocycles. The number of H-pyrrole nitrogens is 1. The average molecular weight is 252 g/mol. The van der Waals surface area contributed by atoms with E-state index in [2.05, 4.69) is 15.5 Å². The molecule has 0 radical (unpaired) electrons. The highest BCUT2D eigenvalue weighted by Gasteiger charge is 2.42. The van der Waals surface area contributed by atoms with E-state index in [0.29, 0.717) is 12.2 Å². The van der Waals surface area contributed by atoms with Crippen molar-refractivity contribution in [3.63, 3.8) is 0 Å². The molecular weight excluding hydrogens is 232 g/mol. The maximum atomic E-state index is 11.9. The third kappa shape index (κ3) is 2.48. The van der Waals surface area contributed by atoms with E-state index in [1.54, 1.807) is 0 Å². The standard InChI is InChI=1S/C12H20N4O2/c1-2-8-9(13)10(16-15-8)11(18)14-7-12(3-4-12)5-6-17/h17H,2-7,13H2,1H3,(H,14,18)(H,15,16). The Morgan fingerprint density at radius 2 is 2.33 bits per heavy atom. The number of nitrogens with one attached hydrogen (secondary N) is 2. The summed E-state index contributed by atoms with van der Waals surface area (Å²) in [6.45, 7) is 2.70. The van der Waals surface area contributed by atoms with Gasteiger partial charge in [0.2, 0.25) is 0 Å². The Bertz CT molecular complexity index is 437. The van der Waals surface area contributed by atoms with Gasteiger partial charge in [0.25, 0.3) is 5.91 Å². The van der Waals surface area contributed by atoms with E-state index >= 15 is 0 Å². The van der Waals surface area contributed by atoms with Gasteiger partial charge in [-0.1, -0.05) is 6.92 Å². The number of nitrogens with two attached hydrogens (primary N) is 1. The van der Waals surface area contributed by atoms with Crippen molar-refractivity contribution in [2.45, 2.75) is 32.6 Å². The molecule has 0 aliphatic heterocycles. The molecule has 0 saturated heterocycles. The fraction of sp³-hybridized carbons (Fsp3) is 0.667. The fourth-order valence-electron chi connectivity index (χ4n) is 2.11. The Morgan fingerprint density at radius 1 is 1.61 bits per heavy atom. The first-order valence-corrected chi connectivity index (χ1v) is 6.33. The van der Waals surface area contributed by atoms with Crippen molar-refractivity contribution in [1.29, 1.82) is 0 Å². The molecule has 5 N–H and O–H groups in total. The van der Waals surface area contributed by atoms with Crippen LogP contribution >= 0.6 is 0 Å². The molecule has 1 aromatic heterocycles. The average Bonchev–Trinajstić information content (AvgIpc) is 3.02. The molecule has 1 aromatic rings. The number of aryl methyl sites for hydroxylation is 1. The molecule has 0 atom stereocenters. The van der Waals surface area contributed by atoms with Crippen LogP contribution in [0.4, 0.5) is 5.69 Å². The van der Waals surface area contributed by atoms with E-state index in [9.17, 15) is 4.79 Å². The van der Waals surface area contributed by atoms with Gasteiger partial charge < -0.3 is 16.2 Å². The van der Waals surface area contributed by atoms with E-state index in [-0.39, 0.29) is 23.6 Å². The van der Waals surface area contributed by atoms with E-state index in [1.807, 2.05) is 6.92 Å². The quantitative estimate of drug-likeness (QED) is 0.590. The molecule has 0 aromatic carbocycles. The molecule has 100 valence electrons. The smallest absolute Gasteiger partial charge is 0.273 e. The number of aliphatic hydroxyl groups excluding tert-OH is 1. The molecule has 18 heavy (non-hydrogen) atoms. The number of amides is 1. The van der Waals surface area contributed by atoms with Crippen LogP contribution in [0.15, 0.2) is 0 Å². The summed E-state index contributed by atoms with van der Waals surface area (Å²) in [6, 6.07) is 0. The molecule has 0 unspecified atom stereocenters. The normalized spacial score (nSPS) is 16.6. The summed E-state index contributed by atoms with van der Waals surface area (Å²) in [5.41, 5.74) is 7.43. The van der Waals surface area contributed by atoms with Crippen LogP contribution in [-0.4, -0.2) is 34.4 Å². The fourth-order valence-corrected chi connectivity index (χ4v) is 2.11. The zero-order valence-electron chi connectivity index (χ0n) is 10.6. The number of nitrogens with zero attached hydrogens (tertiary/aromatic N) is 1. The molecule has 1 heterocycles. The second-order valence-electron chi connectivity index (χ2n) is 4.97. The number of aromatic nitrogens is 2. The van der Waals surface area contributed by atoms with Crippen molar-refractivity contribution in [2.24, 2.45) is 5.41 Å². The lowest BCUT2D eigenvalue weighted by Crippen LogP contribution is -2.31. The van der Waals surface area contributed by atoms with Crippen LogP contribution in [0.25, 0.3) is 0 Å². The molecule has 1 fully saturated rings. The number of carbonyl (C=O) groups excluding carboxylic acids is 1. The number of nitrogen functional groups attached to an aromatic ring is 1. The molecule has 6 heteroatoms. The molecule has 1 saturated carbocycles. The molecule has 2 rings (SSSR count). The van der Waals surface area contributed by atoms with Crippen LogP contribution in [0, 0.1) is 5.41 Å². The summed E-state index contributed by atoms with van der Waals surface area (Å²) in [5.74, 6) is -0.243. The molecule has 1 amide bonds. The van der Waals surface area contributed by atoms with Crippen LogP contribution in [0.5, 0.6) is 0 Å². The number of carbonyl (C=O) groups is 1. The molecule has 1 aliphatic rings. The van der Waals surface area contributed by atoms with Gasteiger partial charge in [-0.15, -0.1) is 0 Å². The highest BCUT2D eigenvalue weighted by Crippen LogP contribution is 2.47. The first kappa shape index (κ1) is 12.9. The van der Waals surface area contributed by atoms with Gasteiger partial charge >= 0.3 is 0 Å². The molecule has 0 bridgehead atoms. The van der Waals surface area contributed by atoms with Crippen molar-refractivity contribution in [2.75, 3.05) is 18.9 Å². The number of hydrogen-bond donors (Lipinski definition) is 4. The van der Waals surface area contributed by atoms with Crippen molar-refractivity contribution in [3.8, 4) is 0 Å². The SMILES string of the molecule is CCc1[nH]nc(C(=O)NCC2(CCO)CC2)c1N. The van der Waals surface area contributed by atoms with Crippen molar-refractivity contribution in [1.82, 2.24) is 15.5 Å². The number of anilines is 1.